The van der Waals surface area contributed by atoms with Gasteiger partial charge >= 0.3 is 0 Å². The van der Waals surface area contributed by atoms with Crippen LogP contribution in [0.3, 0.4) is 0 Å². The maximum absolute atomic E-state index is 12.1. The number of hydrogen-bond donors (Lipinski definition) is 3. The number of nitrogens with zero attached hydrogens (tertiary/aromatic N) is 2. The van der Waals surface area contributed by atoms with Gasteiger partial charge in [-0.05, 0) is 52.7 Å². The minimum Gasteiger partial charge on any atom is -0.322 e. The number of piperidine rings is 1. The Morgan fingerprint density at radius 2 is 2.30 bits per heavy atom. The van der Waals surface area contributed by atoms with Gasteiger partial charge in [0.1, 0.15) is 0 Å². The second-order valence-corrected chi connectivity index (χ2v) is 5.66. The van der Waals surface area contributed by atoms with Gasteiger partial charge in [-0.3, -0.25) is 14.8 Å². The number of nitrogens with one attached hydrogen (secondary N) is 3. The predicted molar refractivity (Wildman–Crippen MR) is 79.8 cm³/mol. The molecule has 1 aliphatic heterocycles. The Morgan fingerprint density at radius 3 is 2.95 bits per heavy atom. The highest BCUT2D eigenvalue weighted by atomic mass is 16.2. The fourth-order valence-electron chi connectivity index (χ4n) is 2.87. The van der Waals surface area contributed by atoms with Crippen molar-refractivity contribution in [1.29, 1.82) is 0 Å². The van der Waals surface area contributed by atoms with Crippen LogP contribution in [-0.2, 0) is 4.79 Å². The van der Waals surface area contributed by atoms with Crippen molar-refractivity contribution in [3.8, 4) is 0 Å². The molecule has 0 aromatic carbocycles. The summed E-state index contributed by atoms with van der Waals surface area (Å²) in [5.41, 5.74) is 2.56. The molecular formula is C14H25N5O. The van der Waals surface area contributed by atoms with Crippen LogP contribution in [0, 0.1) is 19.8 Å². The number of anilines is 1. The van der Waals surface area contributed by atoms with Gasteiger partial charge in [-0.15, -0.1) is 0 Å². The molecule has 6 heteroatoms. The second kappa shape index (κ2) is 6.85. The number of carbonyl (C=O) groups excluding carboxylic acids is 1. The van der Waals surface area contributed by atoms with Crippen LogP contribution in [-0.4, -0.2) is 54.2 Å². The van der Waals surface area contributed by atoms with E-state index in [1.54, 1.807) is 0 Å². The van der Waals surface area contributed by atoms with Gasteiger partial charge in [-0.1, -0.05) is 0 Å². The van der Waals surface area contributed by atoms with Crippen LogP contribution in [0.2, 0.25) is 0 Å². The van der Waals surface area contributed by atoms with Crippen molar-refractivity contribution < 1.29 is 4.79 Å². The molecule has 0 radical (unpaired) electrons. The number of aryl methyl sites for hydroxylation is 2. The van der Waals surface area contributed by atoms with Gasteiger partial charge in [0.2, 0.25) is 5.91 Å². The smallest absolute Gasteiger partial charge is 0.238 e. The Balaban J connectivity index is 1.85. The van der Waals surface area contributed by atoms with Crippen molar-refractivity contribution in [3.05, 3.63) is 11.4 Å². The largest absolute Gasteiger partial charge is 0.322 e. The highest BCUT2D eigenvalue weighted by molar-refractivity contribution is 5.93. The Bertz CT molecular complexity index is 435. The topological polar surface area (TPSA) is 73.1 Å². The molecule has 1 amide bonds. The summed E-state index contributed by atoms with van der Waals surface area (Å²) in [5.74, 6) is 0.696. The molecule has 1 aromatic rings. The molecule has 112 valence electrons. The normalized spacial score (nSPS) is 20.1. The standard InChI is InChI=1S/C14H25N5O/c1-10-14(11(2)18-17-10)16-13(20)9-19-6-4-5-12(8-19)7-15-3/h12,15H,4-9H2,1-3H3,(H,16,20)(H,17,18). The lowest BCUT2D eigenvalue weighted by Gasteiger charge is -2.32. The summed E-state index contributed by atoms with van der Waals surface area (Å²) in [5, 5.41) is 13.2. The predicted octanol–water partition coefficient (Wildman–Crippen LogP) is 0.896. The van der Waals surface area contributed by atoms with Crippen LogP contribution < -0.4 is 10.6 Å². The van der Waals surface area contributed by atoms with Crippen molar-refractivity contribution in [2.24, 2.45) is 5.92 Å². The highest BCUT2D eigenvalue weighted by Crippen LogP contribution is 2.18. The van der Waals surface area contributed by atoms with E-state index in [9.17, 15) is 4.79 Å². The molecule has 3 N–H and O–H groups in total. The Morgan fingerprint density at radius 1 is 1.50 bits per heavy atom. The van der Waals surface area contributed by atoms with E-state index in [1.165, 1.54) is 12.8 Å². The number of amides is 1. The number of aromatic amines is 1. The molecule has 1 aliphatic rings. The molecule has 1 atom stereocenters. The third-order valence-corrected chi connectivity index (χ3v) is 3.86. The zero-order valence-electron chi connectivity index (χ0n) is 12.6. The SMILES string of the molecule is CNCC1CCCN(CC(=O)Nc2c(C)n[nH]c2C)C1. The summed E-state index contributed by atoms with van der Waals surface area (Å²) >= 11 is 0. The summed E-state index contributed by atoms with van der Waals surface area (Å²) in [6.45, 7) is 7.30. The maximum atomic E-state index is 12.1. The molecule has 0 bridgehead atoms. The van der Waals surface area contributed by atoms with Crippen molar-refractivity contribution >= 4 is 11.6 Å². The summed E-state index contributed by atoms with van der Waals surface area (Å²) in [4.78, 5) is 14.4. The van der Waals surface area contributed by atoms with Gasteiger partial charge in [0, 0.05) is 6.54 Å². The second-order valence-electron chi connectivity index (χ2n) is 5.66. The van der Waals surface area contributed by atoms with Gasteiger partial charge < -0.3 is 10.6 Å². The molecule has 0 spiro atoms. The van der Waals surface area contributed by atoms with Crippen molar-refractivity contribution in [3.63, 3.8) is 0 Å². The van der Waals surface area contributed by atoms with E-state index in [0.29, 0.717) is 12.5 Å². The van der Waals surface area contributed by atoms with E-state index in [1.807, 2.05) is 20.9 Å². The Hall–Kier alpha value is -1.40. The lowest BCUT2D eigenvalue weighted by atomic mass is 9.98. The fraction of sp³-hybridized carbons (Fsp3) is 0.714. The quantitative estimate of drug-likeness (QED) is 0.748. The Kier molecular flexibility index (Phi) is 5.14. The monoisotopic (exact) mass is 279 g/mol. The summed E-state index contributed by atoms with van der Waals surface area (Å²) in [6, 6.07) is 0. The number of rotatable bonds is 5. The van der Waals surface area contributed by atoms with Crippen LogP contribution >= 0.6 is 0 Å². The number of hydrogen-bond acceptors (Lipinski definition) is 4. The van der Waals surface area contributed by atoms with Crippen molar-refractivity contribution in [2.45, 2.75) is 26.7 Å². The first-order chi connectivity index (χ1) is 9.60. The van der Waals surface area contributed by atoms with Crippen LogP contribution in [0.1, 0.15) is 24.2 Å². The van der Waals surface area contributed by atoms with Crippen molar-refractivity contribution in [2.75, 3.05) is 38.5 Å². The molecule has 1 aromatic heterocycles. The highest BCUT2D eigenvalue weighted by Gasteiger charge is 2.21. The van der Waals surface area contributed by atoms with Gasteiger partial charge in [-0.25, -0.2) is 0 Å². The van der Waals surface area contributed by atoms with E-state index in [-0.39, 0.29) is 5.91 Å². The average molecular weight is 279 g/mol. The van der Waals surface area contributed by atoms with Gasteiger partial charge in [-0.2, -0.15) is 5.10 Å². The van der Waals surface area contributed by atoms with Gasteiger partial charge in [0.05, 0.1) is 23.6 Å². The summed E-state index contributed by atoms with van der Waals surface area (Å²) in [7, 11) is 1.98. The summed E-state index contributed by atoms with van der Waals surface area (Å²) < 4.78 is 0. The van der Waals surface area contributed by atoms with E-state index in [2.05, 4.69) is 25.7 Å². The van der Waals surface area contributed by atoms with Gasteiger partial charge in [0.15, 0.2) is 0 Å². The van der Waals surface area contributed by atoms with E-state index < -0.39 is 0 Å². The van der Waals surface area contributed by atoms with E-state index >= 15 is 0 Å². The molecule has 2 rings (SSSR count). The average Bonchev–Trinajstić information content (AvgIpc) is 2.71. The van der Waals surface area contributed by atoms with Crippen molar-refractivity contribution in [1.82, 2.24) is 20.4 Å². The van der Waals surface area contributed by atoms with Crippen LogP contribution in [0.15, 0.2) is 0 Å². The van der Waals surface area contributed by atoms with Crippen LogP contribution in [0.4, 0.5) is 5.69 Å². The van der Waals surface area contributed by atoms with Gasteiger partial charge in [0.25, 0.3) is 0 Å². The fourth-order valence-corrected chi connectivity index (χ4v) is 2.87. The molecule has 1 fully saturated rings. The maximum Gasteiger partial charge on any atom is 0.238 e. The molecule has 0 aliphatic carbocycles. The lowest BCUT2D eigenvalue weighted by Crippen LogP contribution is -2.42. The molecule has 20 heavy (non-hydrogen) atoms. The number of carbonyl (C=O) groups is 1. The number of H-pyrrole nitrogens is 1. The molecule has 6 nitrogen and oxygen atoms in total. The van der Waals surface area contributed by atoms with E-state index in [0.717, 1.165) is 36.7 Å². The lowest BCUT2D eigenvalue weighted by molar-refractivity contribution is -0.117. The summed E-state index contributed by atoms with van der Waals surface area (Å²) in [6.07, 6.45) is 2.42. The first-order valence-electron chi connectivity index (χ1n) is 7.28. The zero-order valence-corrected chi connectivity index (χ0v) is 12.6. The molecule has 1 saturated heterocycles. The van der Waals surface area contributed by atoms with E-state index in [4.69, 9.17) is 0 Å². The molecule has 2 heterocycles. The molecule has 0 saturated carbocycles. The van der Waals surface area contributed by atoms with Crippen LogP contribution in [0.25, 0.3) is 0 Å². The number of likely N-dealkylation sites (tertiary alicyclic amines) is 1. The third kappa shape index (κ3) is 3.80. The Labute approximate surface area is 120 Å². The zero-order chi connectivity index (χ0) is 14.5. The first kappa shape index (κ1) is 15.0. The molecular weight excluding hydrogens is 254 g/mol. The third-order valence-electron chi connectivity index (χ3n) is 3.86. The van der Waals surface area contributed by atoms with Crippen LogP contribution in [0.5, 0.6) is 0 Å². The number of aromatic nitrogens is 2. The first-order valence-corrected chi connectivity index (χ1v) is 7.28. The minimum atomic E-state index is 0.0442. The molecule has 1 unspecified atom stereocenters. The minimum absolute atomic E-state index is 0.0442.